The lowest BCUT2D eigenvalue weighted by atomic mass is 10.1. The average Bonchev–Trinajstić information content (AvgIpc) is 2.71. The number of hydrogen-bond donors (Lipinski definition) is 1. The Labute approximate surface area is 134 Å². The van der Waals surface area contributed by atoms with Gasteiger partial charge in [-0.3, -0.25) is 4.90 Å². The van der Waals surface area contributed by atoms with E-state index in [9.17, 15) is 5.11 Å². The summed E-state index contributed by atoms with van der Waals surface area (Å²) in [6, 6.07) is 6.14. The van der Waals surface area contributed by atoms with Crippen LogP contribution < -0.4 is 4.74 Å². The molecule has 0 bridgehead atoms. The molecule has 0 saturated carbocycles. The Morgan fingerprint density at radius 3 is 2.59 bits per heavy atom. The van der Waals surface area contributed by atoms with E-state index in [0.29, 0.717) is 13.2 Å². The second-order valence-electron chi connectivity index (χ2n) is 6.32. The summed E-state index contributed by atoms with van der Waals surface area (Å²) >= 11 is 0. The van der Waals surface area contributed by atoms with Crippen molar-refractivity contribution in [1.82, 2.24) is 9.80 Å². The van der Waals surface area contributed by atoms with Crippen LogP contribution >= 0.6 is 0 Å². The van der Waals surface area contributed by atoms with Crippen molar-refractivity contribution in [2.24, 2.45) is 0 Å². The molecule has 1 aliphatic rings. The van der Waals surface area contributed by atoms with Crippen molar-refractivity contribution in [3.63, 3.8) is 0 Å². The molecule has 1 aliphatic heterocycles. The normalized spacial score (nSPS) is 18.9. The van der Waals surface area contributed by atoms with Gasteiger partial charge in [-0.15, -0.1) is 0 Å². The van der Waals surface area contributed by atoms with Gasteiger partial charge in [0.25, 0.3) is 0 Å². The molecular weight excluding hydrogens is 276 g/mol. The first-order chi connectivity index (χ1) is 10.6. The third-order valence-electron chi connectivity index (χ3n) is 4.36. The fourth-order valence-electron chi connectivity index (χ4n) is 3.02. The molecule has 1 N–H and O–H groups in total. The van der Waals surface area contributed by atoms with Crippen molar-refractivity contribution in [2.75, 3.05) is 45.9 Å². The summed E-state index contributed by atoms with van der Waals surface area (Å²) in [6.45, 7) is 12.9. The molecule has 1 atom stereocenters. The number of ether oxygens (including phenoxy) is 1. The van der Waals surface area contributed by atoms with Gasteiger partial charge in [-0.2, -0.15) is 0 Å². The molecule has 124 valence electrons. The van der Waals surface area contributed by atoms with E-state index in [1.54, 1.807) is 0 Å². The third kappa shape index (κ3) is 5.27. The van der Waals surface area contributed by atoms with Crippen molar-refractivity contribution >= 4 is 0 Å². The van der Waals surface area contributed by atoms with E-state index in [1.165, 1.54) is 18.5 Å². The summed E-state index contributed by atoms with van der Waals surface area (Å²) in [5.74, 6) is 0.873. The minimum Gasteiger partial charge on any atom is -0.491 e. The maximum absolute atomic E-state index is 10.2. The molecule has 1 fully saturated rings. The summed E-state index contributed by atoms with van der Waals surface area (Å²) in [6.07, 6.45) is 0.743. The molecule has 1 unspecified atom stereocenters. The Morgan fingerprint density at radius 1 is 1.14 bits per heavy atom. The molecule has 1 saturated heterocycles. The van der Waals surface area contributed by atoms with Crippen LogP contribution in [0.25, 0.3) is 0 Å². The number of likely N-dealkylation sites (N-methyl/N-ethyl adjacent to an activating group) is 1. The zero-order chi connectivity index (χ0) is 15.9. The van der Waals surface area contributed by atoms with Crippen LogP contribution in [0.15, 0.2) is 18.2 Å². The van der Waals surface area contributed by atoms with Gasteiger partial charge in [0.05, 0.1) is 0 Å². The van der Waals surface area contributed by atoms with Gasteiger partial charge in [0.1, 0.15) is 18.5 Å². The Hall–Kier alpha value is -1.10. The molecule has 22 heavy (non-hydrogen) atoms. The van der Waals surface area contributed by atoms with Crippen molar-refractivity contribution < 1.29 is 9.84 Å². The largest absolute Gasteiger partial charge is 0.491 e. The van der Waals surface area contributed by atoms with Crippen LogP contribution in [-0.2, 0) is 0 Å². The highest BCUT2D eigenvalue weighted by Crippen LogP contribution is 2.18. The van der Waals surface area contributed by atoms with Crippen molar-refractivity contribution in [1.29, 1.82) is 0 Å². The van der Waals surface area contributed by atoms with Crippen LogP contribution in [0.3, 0.4) is 0 Å². The van der Waals surface area contributed by atoms with E-state index in [4.69, 9.17) is 4.74 Å². The maximum Gasteiger partial charge on any atom is 0.122 e. The number of β-amino-alcohol motifs (C(OH)–C–C–N with tert-alkyl or cyclic N) is 1. The van der Waals surface area contributed by atoms with Crippen molar-refractivity contribution in [3.05, 3.63) is 29.3 Å². The molecule has 4 nitrogen and oxygen atoms in total. The Bertz CT molecular complexity index is 464. The zero-order valence-electron chi connectivity index (χ0n) is 14.2. The lowest BCUT2D eigenvalue weighted by Crippen LogP contribution is -2.38. The average molecular weight is 306 g/mol. The van der Waals surface area contributed by atoms with E-state index in [2.05, 4.69) is 29.7 Å². The van der Waals surface area contributed by atoms with Gasteiger partial charge in [0, 0.05) is 19.6 Å². The summed E-state index contributed by atoms with van der Waals surface area (Å²) < 4.78 is 5.78. The number of aliphatic hydroxyl groups excluding tert-OH is 1. The third-order valence-corrected chi connectivity index (χ3v) is 4.36. The van der Waals surface area contributed by atoms with Gasteiger partial charge in [-0.25, -0.2) is 0 Å². The molecule has 1 heterocycles. The minimum atomic E-state index is -0.436. The fraction of sp³-hybridized carbons (Fsp3) is 0.667. The molecule has 1 aromatic carbocycles. The molecule has 0 aliphatic carbocycles. The maximum atomic E-state index is 10.2. The number of hydrogen-bond acceptors (Lipinski definition) is 4. The monoisotopic (exact) mass is 306 g/mol. The van der Waals surface area contributed by atoms with Crippen LogP contribution in [0, 0.1) is 13.8 Å². The van der Waals surface area contributed by atoms with Gasteiger partial charge in [-0.05, 0) is 51.5 Å². The lowest BCUT2D eigenvalue weighted by molar-refractivity contribution is 0.0692. The van der Waals surface area contributed by atoms with Crippen LogP contribution in [0.4, 0.5) is 0 Å². The molecule has 4 heteroatoms. The fourth-order valence-corrected chi connectivity index (χ4v) is 3.02. The van der Waals surface area contributed by atoms with Crippen molar-refractivity contribution in [2.45, 2.75) is 33.3 Å². The zero-order valence-corrected chi connectivity index (χ0v) is 14.2. The minimum absolute atomic E-state index is 0.359. The van der Waals surface area contributed by atoms with E-state index in [0.717, 1.165) is 37.5 Å². The SMILES string of the molecule is CCN1CCCN(CC(O)COc2ccc(C)cc2C)CC1. The van der Waals surface area contributed by atoms with Crippen LogP contribution in [0.2, 0.25) is 0 Å². The number of aryl methyl sites for hydroxylation is 2. The second-order valence-corrected chi connectivity index (χ2v) is 6.32. The van der Waals surface area contributed by atoms with Gasteiger partial charge < -0.3 is 14.7 Å². The van der Waals surface area contributed by atoms with Crippen LogP contribution in [0.1, 0.15) is 24.5 Å². The van der Waals surface area contributed by atoms with Gasteiger partial charge >= 0.3 is 0 Å². The highest BCUT2D eigenvalue weighted by molar-refractivity contribution is 5.35. The number of nitrogens with zero attached hydrogens (tertiary/aromatic N) is 2. The van der Waals surface area contributed by atoms with Crippen LogP contribution in [0.5, 0.6) is 5.75 Å². The molecular formula is C18H30N2O2. The van der Waals surface area contributed by atoms with E-state index >= 15 is 0 Å². The predicted molar refractivity (Wildman–Crippen MR) is 90.6 cm³/mol. The molecule has 2 rings (SSSR count). The Balaban J connectivity index is 1.76. The smallest absolute Gasteiger partial charge is 0.122 e. The first-order valence-electron chi connectivity index (χ1n) is 8.41. The summed E-state index contributed by atoms with van der Waals surface area (Å²) in [5.41, 5.74) is 2.36. The molecule has 0 amide bonds. The van der Waals surface area contributed by atoms with Gasteiger partial charge in [0.2, 0.25) is 0 Å². The Morgan fingerprint density at radius 2 is 1.86 bits per heavy atom. The first kappa shape index (κ1) is 17.3. The van der Waals surface area contributed by atoms with Crippen molar-refractivity contribution in [3.8, 4) is 5.75 Å². The highest BCUT2D eigenvalue weighted by atomic mass is 16.5. The van der Waals surface area contributed by atoms with Crippen LogP contribution in [-0.4, -0.2) is 66.9 Å². The molecule has 0 aromatic heterocycles. The number of rotatable bonds is 6. The molecule has 0 radical (unpaired) electrons. The molecule has 1 aromatic rings. The lowest BCUT2D eigenvalue weighted by Gasteiger charge is -2.24. The van der Waals surface area contributed by atoms with Gasteiger partial charge in [-0.1, -0.05) is 24.6 Å². The Kier molecular flexibility index (Phi) is 6.68. The summed E-state index contributed by atoms with van der Waals surface area (Å²) in [7, 11) is 0. The first-order valence-corrected chi connectivity index (χ1v) is 8.41. The number of aliphatic hydroxyl groups is 1. The second kappa shape index (κ2) is 8.51. The number of benzene rings is 1. The standard InChI is InChI=1S/C18H30N2O2/c1-4-19-8-5-9-20(11-10-19)13-17(21)14-22-18-7-6-15(2)12-16(18)3/h6-7,12,17,21H,4-5,8-11,13-14H2,1-3H3. The van der Waals surface area contributed by atoms with E-state index in [-0.39, 0.29) is 0 Å². The highest BCUT2D eigenvalue weighted by Gasteiger charge is 2.17. The van der Waals surface area contributed by atoms with E-state index in [1.807, 2.05) is 19.1 Å². The van der Waals surface area contributed by atoms with Gasteiger partial charge in [0.15, 0.2) is 0 Å². The summed E-state index contributed by atoms with van der Waals surface area (Å²) in [4.78, 5) is 4.82. The van der Waals surface area contributed by atoms with E-state index < -0.39 is 6.10 Å². The topological polar surface area (TPSA) is 35.9 Å². The predicted octanol–water partition coefficient (Wildman–Crippen LogP) is 2.07. The summed E-state index contributed by atoms with van der Waals surface area (Å²) in [5, 5.41) is 10.2. The molecule has 0 spiro atoms. The quantitative estimate of drug-likeness (QED) is 0.873.